The Morgan fingerprint density at radius 2 is 2.00 bits per heavy atom. The van der Waals surface area contributed by atoms with Crippen LogP contribution in [0.4, 0.5) is 5.69 Å². The molecule has 0 aromatic heterocycles. The highest BCUT2D eigenvalue weighted by molar-refractivity contribution is 7.89. The number of anilines is 1. The topological polar surface area (TPSA) is 67.4 Å². The Morgan fingerprint density at radius 1 is 1.32 bits per heavy atom. The molecule has 6 heteroatoms. The van der Waals surface area contributed by atoms with Crippen molar-refractivity contribution in [3.8, 4) is 0 Å². The van der Waals surface area contributed by atoms with Gasteiger partial charge in [0.05, 0.1) is 11.8 Å². The molecule has 0 saturated heterocycles. The van der Waals surface area contributed by atoms with Gasteiger partial charge in [-0.15, -0.1) is 0 Å². The summed E-state index contributed by atoms with van der Waals surface area (Å²) in [4.78, 5) is 0.270. The van der Waals surface area contributed by atoms with E-state index in [1.165, 1.54) is 0 Å². The second kappa shape index (κ2) is 7.47. The van der Waals surface area contributed by atoms with Gasteiger partial charge >= 0.3 is 0 Å². The Kier molecular flexibility index (Phi) is 6.27. The maximum atomic E-state index is 12.1. The van der Waals surface area contributed by atoms with E-state index in [0.29, 0.717) is 18.8 Å². The van der Waals surface area contributed by atoms with Gasteiger partial charge in [-0.3, -0.25) is 0 Å². The third-order valence-corrected chi connectivity index (χ3v) is 4.22. The highest BCUT2D eigenvalue weighted by atomic mass is 32.2. The van der Waals surface area contributed by atoms with Crippen molar-refractivity contribution < 1.29 is 13.2 Å². The van der Waals surface area contributed by atoms with E-state index >= 15 is 0 Å². The molecule has 0 spiro atoms. The molecule has 0 bridgehead atoms. The predicted molar refractivity (Wildman–Crippen MR) is 76.9 cm³/mol. The van der Waals surface area contributed by atoms with Crippen LogP contribution in [0.15, 0.2) is 29.2 Å². The highest BCUT2D eigenvalue weighted by Gasteiger charge is 2.17. The summed E-state index contributed by atoms with van der Waals surface area (Å²) in [7, 11) is -1.84. The van der Waals surface area contributed by atoms with Crippen molar-refractivity contribution in [3.05, 3.63) is 24.3 Å². The van der Waals surface area contributed by atoms with Crippen LogP contribution in [0.25, 0.3) is 0 Å². The molecule has 1 aromatic rings. The van der Waals surface area contributed by atoms with Crippen LogP contribution >= 0.6 is 0 Å². The molecule has 0 radical (unpaired) electrons. The Morgan fingerprint density at radius 3 is 2.63 bits per heavy atom. The molecule has 0 aliphatic rings. The summed E-state index contributed by atoms with van der Waals surface area (Å²) in [5, 5.41) is 3.10. The Bertz CT molecular complexity index is 488. The summed E-state index contributed by atoms with van der Waals surface area (Å²) >= 11 is 0. The van der Waals surface area contributed by atoms with E-state index in [-0.39, 0.29) is 11.0 Å². The van der Waals surface area contributed by atoms with Gasteiger partial charge in [0.15, 0.2) is 0 Å². The van der Waals surface area contributed by atoms with Crippen molar-refractivity contribution >= 4 is 15.7 Å². The van der Waals surface area contributed by atoms with E-state index in [9.17, 15) is 8.42 Å². The molecule has 0 aliphatic heterocycles. The van der Waals surface area contributed by atoms with Gasteiger partial charge in [0.25, 0.3) is 0 Å². The van der Waals surface area contributed by atoms with Gasteiger partial charge in [-0.2, -0.15) is 0 Å². The monoisotopic (exact) mass is 286 g/mol. The first-order valence-electron chi connectivity index (χ1n) is 6.36. The number of benzene rings is 1. The number of ether oxygens (including phenoxy) is 1. The summed E-state index contributed by atoms with van der Waals surface area (Å²) in [6, 6.07) is 6.87. The molecule has 1 rings (SSSR count). The van der Waals surface area contributed by atoms with E-state index in [4.69, 9.17) is 4.74 Å². The molecule has 0 fully saturated rings. The largest absolute Gasteiger partial charge is 0.381 e. The average Bonchev–Trinajstić information content (AvgIpc) is 2.42. The van der Waals surface area contributed by atoms with Crippen LogP contribution in [0.1, 0.15) is 20.3 Å². The molecule has 108 valence electrons. The van der Waals surface area contributed by atoms with Crippen molar-refractivity contribution in [1.29, 1.82) is 0 Å². The quantitative estimate of drug-likeness (QED) is 0.765. The van der Waals surface area contributed by atoms with Crippen LogP contribution in [0.5, 0.6) is 0 Å². The number of rotatable bonds is 8. The second-order valence-corrected chi connectivity index (χ2v) is 6.06. The molecule has 5 nitrogen and oxygen atoms in total. The van der Waals surface area contributed by atoms with Crippen LogP contribution in [0.2, 0.25) is 0 Å². The second-order valence-electron chi connectivity index (χ2n) is 4.32. The smallest absolute Gasteiger partial charge is 0.242 e. The lowest BCUT2D eigenvalue weighted by Crippen LogP contribution is -2.26. The minimum absolute atomic E-state index is 0.0133. The van der Waals surface area contributed by atoms with Crippen molar-refractivity contribution in [3.63, 3.8) is 0 Å². The van der Waals surface area contributed by atoms with Crippen molar-refractivity contribution in [2.24, 2.45) is 0 Å². The standard InChI is InChI=1S/C13H22N2O3S/c1-4-9-15-19(16,17)13-8-6-5-7-12(13)14-10-11(2)18-3/h5-8,11,14-15H,4,9-10H2,1-3H3. The molecule has 0 saturated carbocycles. The number of hydrogen-bond donors (Lipinski definition) is 2. The normalized spacial score (nSPS) is 13.2. The van der Waals surface area contributed by atoms with E-state index in [1.807, 2.05) is 13.8 Å². The third kappa shape index (κ3) is 4.81. The molecule has 0 aliphatic carbocycles. The number of hydrogen-bond acceptors (Lipinski definition) is 4. The fraction of sp³-hybridized carbons (Fsp3) is 0.538. The zero-order chi connectivity index (χ0) is 14.3. The van der Waals surface area contributed by atoms with Crippen LogP contribution in [-0.4, -0.2) is 34.7 Å². The van der Waals surface area contributed by atoms with Crippen LogP contribution in [0, 0.1) is 0 Å². The Labute approximate surface area is 115 Å². The Hall–Kier alpha value is -1.11. The molecular formula is C13H22N2O3S. The molecule has 0 heterocycles. The molecule has 19 heavy (non-hydrogen) atoms. The third-order valence-electron chi connectivity index (χ3n) is 2.70. The minimum Gasteiger partial charge on any atom is -0.381 e. The van der Waals surface area contributed by atoms with Gasteiger partial charge < -0.3 is 10.1 Å². The van der Waals surface area contributed by atoms with Gasteiger partial charge in [0, 0.05) is 20.2 Å². The zero-order valence-electron chi connectivity index (χ0n) is 11.6. The number of sulfonamides is 1. The van der Waals surface area contributed by atoms with Crippen molar-refractivity contribution in [2.75, 3.05) is 25.5 Å². The first-order chi connectivity index (χ1) is 9.01. The highest BCUT2D eigenvalue weighted by Crippen LogP contribution is 2.20. The van der Waals surface area contributed by atoms with Gasteiger partial charge in [0.1, 0.15) is 4.90 Å². The number of para-hydroxylation sites is 1. The van der Waals surface area contributed by atoms with Crippen LogP contribution in [-0.2, 0) is 14.8 Å². The maximum absolute atomic E-state index is 12.1. The molecule has 1 aromatic carbocycles. The number of nitrogens with one attached hydrogen (secondary N) is 2. The van der Waals surface area contributed by atoms with Gasteiger partial charge in [-0.1, -0.05) is 19.1 Å². The van der Waals surface area contributed by atoms with E-state index in [0.717, 1.165) is 6.42 Å². The fourth-order valence-corrected chi connectivity index (χ4v) is 2.81. The summed E-state index contributed by atoms with van der Waals surface area (Å²) in [6.07, 6.45) is 0.773. The van der Waals surface area contributed by atoms with E-state index in [1.54, 1.807) is 31.4 Å². The minimum atomic E-state index is -3.46. The predicted octanol–water partition coefficient (Wildman–Crippen LogP) is 1.82. The summed E-state index contributed by atoms with van der Waals surface area (Å²) in [6.45, 7) is 4.83. The van der Waals surface area contributed by atoms with Crippen molar-refractivity contribution in [2.45, 2.75) is 31.3 Å². The fourth-order valence-electron chi connectivity index (χ4n) is 1.50. The lowest BCUT2D eigenvalue weighted by atomic mass is 10.3. The molecule has 0 amide bonds. The first kappa shape index (κ1) is 15.9. The summed E-state index contributed by atoms with van der Waals surface area (Å²) in [5.41, 5.74) is 0.593. The zero-order valence-corrected chi connectivity index (χ0v) is 12.5. The first-order valence-corrected chi connectivity index (χ1v) is 7.85. The molecular weight excluding hydrogens is 264 g/mol. The lowest BCUT2D eigenvalue weighted by Gasteiger charge is -2.15. The lowest BCUT2D eigenvalue weighted by molar-refractivity contribution is 0.128. The van der Waals surface area contributed by atoms with E-state index in [2.05, 4.69) is 10.0 Å². The van der Waals surface area contributed by atoms with Gasteiger partial charge in [-0.25, -0.2) is 13.1 Å². The molecule has 2 N–H and O–H groups in total. The molecule has 1 unspecified atom stereocenters. The SMILES string of the molecule is CCCNS(=O)(=O)c1ccccc1NCC(C)OC. The van der Waals surface area contributed by atoms with Gasteiger partial charge in [0.2, 0.25) is 10.0 Å². The average molecular weight is 286 g/mol. The molecule has 1 atom stereocenters. The van der Waals surface area contributed by atoms with E-state index < -0.39 is 10.0 Å². The van der Waals surface area contributed by atoms with Crippen LogP contribution in [0.3, 0.4) is 0 Å². The maximum Gasteiger partial charge on any atom is 0.242 e. The van der Waals surface area contributed by atoms with Gasteiger partial charge in [-0.05, 0) is 25.5 Å². The van der Waals surface area contributed by atoms with Crippen molar-refractivity contribution in [1.82, 2.24) is 4.72 Å². The Balaban J connectivity index is 2.89. The summed E-state index contributed by atoms with van der Waals surface area (Å²) < 4.78 is 32.0. The van der Waals surface area contributed by atoms with Crippen LogP contribution < -0.4 is 10.0 Å². The number of methoxy groups -OCH3 is 1. The summed E-state index contributed by atoms with van der Waals surface area (Å²) in [5.74, 6) is 0.